The Bertz CT molecular complexity index is 163. The Balaban J connectivity index is 2.60. The van der Waals surface area contributed by atoms with Gasteiger partial charge in [-0.15, -0.1) is 0 Å². The highest BCUT2D eigenvalue weighted by atomic mass is 19.4. The second-order valence-electron chi connectivity index (χ2n) is 2.14. The number of nitrogens with zero attached hydrogens (tertiary/aromatic N) is 1. The summed E-state index contributed by atoms with van der Waals surface area (Å²) >= 11 is 0. The number of hydrogen-bond donors (Lipinski definition) is 1. The molecule has 0 fully saturated rings. The molecule has 5 heteroatoms. The number of alkyl halides is 3. The molecule has 1 rings (SSSR count). The summed E-state index contributed by atoms with van der Waals surface area (Å²) in [6, 6.07) is 0. The van der Waals surface area contributed by atoms with Crippen LogP contribution in [0.25, 0.3) is 0 Å². The molecule has 1 heterocycles. The molecule has 10 heavy (non-hydrogen) atoms. The smallest absolute Gasteiger partial charge is 0.391 e. The van der Waals surface area contributed by atoms with Crippen molar-refractivity contribution >= 4 is 5.71 Å². The van der Waals surface area contributed by atoms with Crippen LogP contribution in [0, 0.1) is 0 Å². The van der Waals surface area contributed by atoms with Gasteiger partial charge in [0.1, 0.15) is 5.71 Å². The first kappa shape index (κ1) is 7.53. The summed E-state index contributed by atoms with van der Waals surface area (Å²) < 4.78 is 35.1. The molecule has 0 radical (unpaired) electrons. The predicted octanol–water partition coefficient (Wildman–Crippen LogP) is 0.754. The molecule has 2 nitrogen and oxygen atoms in total. The first-order valence-corrected chi connectivity index (χ1v) is 2.79. The molecule has 0 spiro atoms. The van der Waals surface area contributed by atoms with Gasteiger partial charge in [0.2, 0.25) is 0 Å². The third-order valence-corrected chi connectivity index (χ3v) is 1.25. The van der Waals surface area contributed by atoms with Crippen LogP contribution in [0.5, 0.6) is 0 Å². The standard InChI is InChI=1S/C5H6F3NO/c6-5(7,8)4-1-3(10)2-9-4/h3,10H,1-2H2. The normalized spacial score (nSPS) is 26.8. The molecular weight excluding hydrogens is 147 g/mol. The second kappa shape index (κ2) is 2.23. The van der Waals surface area contributed by atoms with Crippen LogP contribution >= 0.6 is 0 Å². The molecule has 1 atom stereocenters. The third kappa shape index (κ3) is 1.47. The lowest BCUT2D eigenvalue weighted by Crippen LogP contribution is -2.22. The van der Waals surface area contributed by atoms with E-state index in [1.807, 2.05) is 0 Å². The maximum atomic E-state index is 11.7. The predicted molar refractivity (Wildman–Crippen MR) is 29.0 cm³/mol. The monoisotopic (exact) mass is 153 g/mol. The van der Waals surface area contributed by atoms with Crippen molar-refractivity contribution in [3.63, 3.8) is 0 Å². The highest BCUT2D eigenvalue weighted by molar-refractivity contribution is 5.91. The molecule has 1 aliphatic heterocycles. The first-order valence-electron chi connectivity index (χ1n) is 2.79. The molecule has 1 N–H and O–H groups in total. The molecule has 58 valence electrons. The van der Waals surface area contributed by atoms with Gasteiger partial charge >= 0.3 is 6.18 Å². The maximum Gasteiger partial charge on any atom is 0.429 e. The zero-order chi connectivity index (χ0) is 7.78. The summed E-state index contributed by atoms with van der Waals surface area (Å²) in [6.45, 7) is -0.116. The Kier molecular flexibility index (Phi) is 1.68. The number of aliphatic hydroxyl groups is 1. The summed E-state index contributed by atoms with van der Waals surface area (Å²) in [7, 11) is 0. The minimum atomic E-state index is -4.35. The number of aliphatic hydroxyl groups excluding tert-OH is 1. The van der Waals surface area contributed by atoms with Crippen molar-refractivity contribution in [1.29, 1.82) is 0 Å². The van der Waals surface area contributed by atoms with E-state index in [1.54, 1.807) is 0 Å². The van der Waals surface area contributed by atoms with E-state index in [-0.39, 0.29) is 13.0 Å². The molecule has 0 aromatic rings. The Morgan fingerprint density at radius 3 is 2.30 bits per heavy atom. The average molecular weight is 153 g/mol. The van der Waals surface area contributed by atoms with Crippen molar-refractivity contribution in [2.24, 2.45) is 4.99 Å². The minimum absolute atomic E-state index is 0.116. The minimum Gasteiger partial charge on any atom is -0.391 e. The molecule has 0 aromatic heterocycles. The van der Waals surface area contributed by atoms with Crippen LogP contribution in [-0.4, -0.2) is 29.6 Å². The van der Waals surface area contributed by atoms with E-state index in [0.717, 1.165) is 0 Å². The highest BCUT2D eigenvalue weighted by Crippen LogP contribution is 2.23. The van der Waals surface area contributed by atoms with Crippen LogP contribution in [0.3, 0.4) is 0 Å². The number of halogens is 3. The van der Waals surface area contributed by atoms with Crippen molar-refractivity contribution in [2.75, 3.05) is 6.54 Å². The SMILES string of the molecule is OC1CN=C(C(F)(F)F)C1. The summed E-state index contributed by atoms with van der Waals surface area (Å²) in [5, 5.41) is 8.65. The van der Waals surface area contributed by atoms with Gasteiger partial charge in [0, 0.05) is 6.42 Å². The van der Waals surface area contributed by atoms with Gasteiger partial charge in [-0.2, -0.15) is 13.2 Å². The largest absolute Gasteiger partial charge is 0.429 e. The fourth-order valence-electron chi connectivity index (χ4n) is 0.773. The van der Waals surface area contributed by atoms with Crippen molar-refractivity contribution in [3.8, 4) is 0 Å². The van der Waals surface area contributed by atoms with E-state index in [1.165, 1.54) is 0 Å². The van der Waals surface area contributed by atoms with E-state index in [4.69, 9.17) is 5.11 Å². The van der Waals surface area contributed by atoms with Gasteiger partial charge in [-0.25, -0.2) is 0 Å². The molecule has 0 aliphatic carbocycles. The average Bonchev–Trinajstić information content (AvgIpc) is 2.11. The lowest BCUT2D eigenvalue weighted by atomic mass is 10.2. The molecular formula is C5H6F3NO. The highest BCUT2D eigenvalue weighted by Gasteiger charge is 2.38. The van der Waals surface area contributed by atoms with Crippen LogP contribution in [0.15, 0.2) is 4.99 Å². The quantitative estimate of drug-likeness (QED) is 0.547. The zero-order valence-corrected chi connectivity index (χ0v) is 5.02. The molecule has 0 saturated carbocycles. The molecule has 1 aliphatic rings. The van der Waals surface area contributed by atoms with Gasteiger partial charge in [-0.3, -0.25) is 4.99 Å². The van der Waals surface area contributed by atoms with Crippen LogP contribution in [0.1, 0.15) is 6.42 Å². The zero-order valence-electron chi connectivity index (χ0n) is 5.02. The van der Waals surface area contributed by atoms with E-state index in [0.29, 0.717) is 0 Å². The Morgan fingerprint density at radius 2 is 2.10 bits per heavy atom. The van der Waals surface area contributed by atoms with Gasteiger partial charge in [0.05, 0.1) is 12.6 Å². The molecule has 0 saturated heterocycles. The van der Waals surface area contributed by atoms with Crippen LogP contribution in [-0.2, 0) is 0 Å². The van der Waals surface area contributed by atoms with Gasteiger partial charge in [0.15, 0.2) is 0 Å². The van der Waals surface area contributed by atoms with Gasteiger partial charge < -0.3 is 5.11 Å². The topological polar surface area (TPSA) is 32.6 Å². The summed E-state index contributed by atoms with van der Waals surface area (Å²) in [5.41, 5.74) is -0.847. The third-order valence-electron chi connectivity index (χ3n) is 1.25. The van der Waals surface area contributed by atoms with E-state index >= 15 is 0 Å². The Labute approximate surface area is 55.4 Å². The number of hydrogen-bond acceptors (Lipinski definition) is 2. The summed E-state index contributed by atoms with van der Waals surface area (Å²) in [6.07, 6.45) is -5.64. The van der Waals surface area contributed by atoms with Gasteiger partial charge in [-0.1, -0.05) is 0 Å². The lowest BCUT2D eigenvalue weighted by Gasteiger charge is -2.04. The number of aliphatic imine (C=N–C) groups is 1. The Morgan fingerprint density at radius 1 is 1.50 bits per heavy atom. The fraction of sp³-hybridized carbons (Fsp3) is 0.800. The van der Waals surface area contributed by atoms with Crippen molar-refractivity contribution < 1.29 is 18.3 Å². The molecule has 0 bridgehead atoms. The maximum absolute atomic E-state index is 11.7. The Hall–Kier alpha value is -0.580. The van der Waals surface area contributed by atoms with Crippen molar-refractivity contribution in [3.05, 3.63) is 0 Å². The second-order valence-corrected chi connectivity index (χ2v) is 2.14. The van der Waals surface area contributed by atoms with Crippen molar-refractivity contribution in [2.45, 2.75) is 18.7 Å². The fourth-order valence-corrected chi connectivity index (χ4v) is 0.773. The van der Waals surface area contributed by atoms with E-state index in [2.05, 4.69) is 4.99 Å². The first-order chi connectivity index (χ1) is 4.50. The van der Waals surface area contributed by atoms with Crippen LogP contribution in [0.2, 0.25) is 0 Å². The number of rotatable bonds is 0. The van der Waals surface area contributed by atoms with Gasteiger partial charge in [0.25, 0.3) is 0 Å². The molecule has 0 amide bonds. The van der Waals surface area contributed by atoms with E-state index in [9.17, 15) is 13.2 Å². The summed E-state index contributed by atoms with van der Waals surface area (Å²) in [5.74, 6) is 0. The lowest BCUT2D eigenvalue weighted by molar-refractivity contribution is -0.0606. The summed E-state index contributed by atoms with van der Waals surface area (Å²) in [4.78, 5) is 3.13. The van der Waals surface area contributed by atoms with Gasteiger partial charge in [-0.05, 0) is 0 Å². The van der Waals surface area contributed by atoms with Crippen LogP contribution < -0.4 is 0 Å². The van der Waals surface area contributed by atoms with Crippen LogP contribution in [0.4, 0.5) is 13.2 Å². The van der Waals surface area contributed by atoms with E-state index < -0.39 is 18.0 Å². The molecule has 1 unspecified atom stereocenters. The van der Waals surface area contributed by atoms with Crippen molar-refractivity contribution in [1.82, 2.24) is 0 Å². The molecule has 0 aromatic carbocycles.